The Morgan fingerprint density at radius 1 is 1.28 bits per heavy atom. The summed E-state index contributed by atoms with van der Waals surface area (Å²) in [5.74, 6) is 0.320. The first kappa shape index (κ1) is 13.2. The zero-order valence-corrected chi connectivity index (χ0v) is 11.6. The number of halogens is 2. The molecule has 18 heavy (non-hydrogen) atoms. The van der Waals surface area contributed by atoms with Crippen LogP contribution in [-0.4, -0.2) is 18.6 Å². The van der Waals surface area contributed by atoms with Gasteiger partial charge in [-0.2, -0.15) is 5.10 Å². The van der Waals surface area contributed by atoms with Crippen LogP contribution in [0.3, 0.4) is 0 Å². The van der Waals surface area contributed by atoms with Crippen LogP contribution < -0.4 is 4.72 Å². The summed E-state index contributed by atoms with van der Waals surface area (Å²) in [5, 5.41) is 6.77. The van der Waals surface area contributed by atoms with E-state index in [1.807, 2.05) is 0 Å². The Hall–Kier alpha value is -1.24. The molecule has 8 heteroatoms. The lowest BCUT2D eigenvalue weighted by Crippen LogP contribution is -2.13. The molecular weight excluding hydrogens is 297 g/mol. The van der Waals surface area contributed by atoms with Crippen molar-refractivity contribution in [3.8, 4) is 0 Å². The molecule has 1 heterocycles. The van der Waals surface area contributed by atoms with Gasteiger partial charge in [-0.3, -0.25) is 9.82 Å². The van der Waals surface area contributed by atoms with Gasteiger partial charge in [0.2, 0.25) is 0 Å². The molecule has 0 aliphatic rings. The molecule has 0 saturated heterocycles. The number of sulfonamides is 1. The lowest BCUT2D eigenvalue weighted by Gasteiger charge is -2.07. The van der Waals surface area contributed by atoms with E-state index in [9.17, 15) is 8.42 Å². The standard InChI is InChI=1S/C10H9Cl2N3O2S/c1-6-5-13-14-10(6)15-18(16,17)7-2-3-8(11)9(12)4-7/h2-5H,1H3,(H2,13,14,15). The highest BCUT2D eigenvalue weighted by atomic mass is 35.5. The maximum Gasteiger partial charge on any atom is 0.263 e. The Kier molecular flexibility index (Phi) is 3.52. The van der Waals surface area contributed by atoms with Gasteiger partial charge in [0.15, 0.2) is 0 Å². The van der Waals surface area contributed by atoms with Crippen LogP contribution in [0.4, 0.5) is 5.82 Å². The summed E-state index contributed by atoms with van der Waals surface area (Å²) < 4.78 is 26.5. The third-order valence-electron chi connectivity index (χ3n) is 2.27. The second-order valence-corrected chi connectivity index (χ2v) is 6.11. The average Bonchev–Trinajstić information content (AvgIpc) is 2.67. The van der Waals surface area contributed by atoms with Gasteiger partial charge in [0, 0.05) is 5.56 Å². The molecule has 0 amide bonds. The topological polar surface area (TPSA) is 74.8 Å². The van der Waals surface area contributed by atoms with Crippen LogP contribution in [0.1, 0.15) is 5.56 Å². The van der Waals surface area contributed by atoms with Gasteiger partial charge in [-0.15, -0.1) is 0 Å². The third-order valence-corrected chi connectivity index (χ3v) is 4.35. The van der Waals surface area contributed by atoms with Crippen molar-refractivity contribution < 1.29 is 8.42 Å². The van der Waals surface area contributed by atoms with Gasteiger partial charge >= 0.3 is 0 Å². The maximum absolute atomic E-state index is 12.1. The molecule has 0 unspecified atom stereocenters. The van der Waals surface area contributed by atoms with Crippen molar-refractivity contribution in [2.75, 3.05) is 4.72 Å². The monoisotopic (exact) mass is 305 g/mol. The van der Waals surface area contributed by atoms with Gasteiger partial charge < -0.3 is 0 Å². The van der Waals surface area contributed by atoms with E-state index < -0.39 is 10.0 Å². The van der Waals surface area contributed by atoms with Gasteiger partial charge in [-0.1, -0.05) is 23.2 Å². The molecule has 0 aliphatic heterocycles. The minimum Gasteiger partial charge on any atom is -0.264 e. The molecule has 1 aromatic heterocycles. The average molecular weight is 306 g/mol. The van der Waals surface area contributed by atoms with E-state index in [0.29, 0.717) is 16.4 Å². The van der Waals surface area contributed by atoms with Crippen LogP contribution in [-0.2, 0) is 10.0 Å². The van der Waals surface area contributed by atoms with Crippen molar-refractivity contribution in [3.05, 3.63) is 40.0 Å². The lowest BCUT2D eigenvalue weighted by molar-refractivity contribution is 0.601. The Labute approximate surface area is 114 Å². The second kappa shape index (κ2) is 4.79. The molecule has 0 atom stereocenters. The van der Waals surface area contributed by atoms with Crippen molar-refractivity contribution in [1.29, 1.82) is 0 Å². The summed E-state index contributed by atoms with van der Waals surface area (Å²) in [6, 6.07) is 4.10. The number of nitrogens with one attached hydrogen (secondary N) is 2. The van der Waals surface area contributed by atoms with E-state index in [1.165, 1.54) is 24.4 Å². The third kappa shape index (κ3) is 2.60. The Balaban J connectivity index is 2.37. The minimum atomic E-state index is -3.71. The molecule has 0 fully saturated rings. The molecule has 0 saturated carbocycles. The van der Waals surface area contributed by atoms with Crippen LogP contribution in [0.2, 0.25) is 10.0 Å². The second-order valence-electron chi connectivity index (χ2n) is 3.61. The number of aromatic nitrogens is 2. The van der Waals surface area contributed by atoms with E-state index in [1.54, 1.807) is 6.92 Å². The summed E-state index contributed by atoms with van der Waals surface area (Å²) in [6.07, 6.45) is 1.52. The molecule has 2 rings (SSSR count). The first-order chi connectivity index (χ1) is 8.40. The lowest BCUT2D eigenvalue weighted by atomic mass is 10.4. The number of benzene rings is 1. The molecule has 1 aromatic carbocycles. The van der Waals surface area contributed by atoms with Crippen molar-refractivity contribution in [2.45, 2.75) is 11.8 Å². The van der Waals surface area contributed by atoms with Gasteiger partial charge in [0.25, 0.3) is 10.0 Å². The summed E-state index contributed by atoms with van der Waals surface area (Å²) in [7, 11) is -3.71. The van der Waals surface area contributed by atoms with Gasteiger partial charge in [-0.25, -0.2) is 8.42 Å². The quantitative estimate of drug-likeness (QED) is 0.915. The molecule has 0 spiro atoms. The number of aromatic amines is 1. The summed E-state index contributed by atoms with van der Waals surface area (Å²) in [6.45, 7) is 1.73. The maximum atomic E-state index is 12.1. The zero-order valence-electron chi connectivity index (χ0n) is 9.24. The highest BCUT2D eigenvalue weighted by Gasteiger charge is 2.17. The fourth-order valence-corrected chi connectivity index (χ4v) is 2.76. The van der Waals surface area contributed by atoms with Gasteiger partial charge in [0.05, 0.1) is 21.1 Å². The van der Waals surface area contributed by atoms with E-state index in [4.69, 9.17) is 23.2 Å². The number of hydrogen-bond acceptors (Lipinski definition) is 3. The van der Waals surface area contributed by atoms with Crippen LogP contribution >= 0.6 is 23.2 Å². The Bertz CT molecular complexity index is 682. The first-order valence-corrected chi connectivity index (χ1v) is 7.12. The number of anilines is 1. The SMILES string of the molecule is Cc1cn[nH]c1NS(=O)(=O)c1ccc(Cl)c(Cl)c1. The number of rotatable bonds is 3. The fraction of sp³-hybridized carbons (Fsp3) is 0.100. The number of hydrogen-bond donors (Lipinski definition) is 2. The number of H-pyrrole nitrogens is 1. The number of nitrogens with zero attached hydrogens (tertiary/aromatic N) is 1. The summed E-state index contributed by atoms with van der Waals surface area (Å²) in [4.78, 5) is 0.0332. The van der Waals surface area contributed by atoms with Crippen molar-refractivity contribution in [3.63, 3.8) is 0 Å². The largest absolute Gasteiger partial charge is 0.264 e. The molecule has 96 valence electrons. The molecular formula is C10H9Cl2N3O2S. The Morgan fingerprint density at radius 2 is 2.00 bits per heavy atom. The first-order valence-electron chi connectivity index (χ1n) is 4.88. The van der Waals surface area contributed by atoms with Crippen LogP contribution in [0, 0.1) is 6.92 Å². The van der Waals surface area contributed by atoms with Crippen molar-refractivity contribution in [1.82, 2.24) is 10.2 Å². The Morgan fingerprint density at radius 3 is 2.56 bits per heavy atom. The predicted molar refractivity (Wildman–Crippen MR) is 70.6 cm³/mol. The van der Waals surface area contributed by atoms with Crippen LogP contribution in [0.25, 0.3) is 0 Å². The van der Waals surface area contributed by atoms with Gasteiger partial charge in [0.1, 0.15) is 5.82 Å². The number of aryl methyl sites for hydroxylation is 1. The molecule has 2 N–H and O–H groups in total. The molecule has 0 aliphatic carbocycles. The molecule has 0 radical (unpaired) electrons. The summed E-state index contributed by atoms with van der Waals surface area (Å²) >= 11 is 11.5. The molecule has 0 bridgehead atoms. The highest BCUT2D eigenvalue weighted by molar-refractivity contribution is 7.92. The van der Waals surface area contributed by atoms with Crippen molar-refractivity contribution in [2.24, 2.45) is 0 Å². The normalized spacial score (nSPS) is 11.5. The smallest absolute Gasteiger partial charge is 0.263 e. The summed E-state index contributed by atoms with van der Waals surface area (Å²) in [5.41, 5.74) is 0.693. The van der Waals surface area contributed by atoms with Crippen LogP contribution in [0.5, 0.6) is 0 Å². The van der Waals surface area contributed by atoms with E-state index in [0.717, 1.165) is 0 Å². The van der Waals surface area contributed by atoms with Crippen LogP contribution in [0.15, 0.2) is 29.3 Å². The predicted octanol–water partition coefficient (Wildman–Crippen LogP) is 2.83. The van der Waals surface area contributed by atoms with E-state index in [2.05, 4.69) is 14.9 Å². The van der Waals surface area contributed by atoms with Gasteiger partial charge in [-0.05, 0) is 25.1 Å². The fourth-order valence-electron chi connectivity index (χ4n) is 1.29. The molecule has 2 aromatic rings. The zero-order chi connectivity index (χ0) is 13.3. The van der Waals surface area contributed by atoms with E-state index >= 15 is 0 Å². The molecule has 5 nitrogen and oxygen atoms in total. The highest BCUT2D eigenvalue weighted by Crippen LogP contribution is 2.26. The van der Waals surface area contributed by atoms with E-state index in [-0.39, 0.29) is 9.92 Å². The van der Waals surface area contributed by atoms with Crippen molar-refractivity contribution >= 4 is 39.0 Å². The minimum absolute atomic E-state index is 0.0332.